The molecule has 0 radical (unpaired) electrons. The molecule has 0 spiro atoms. The fourth-order valence-corrected chi connectivity index (χ4v) is 1.65. The number of hydrogen-bond acceptors (Lipinski definition) is 7. The van der Waals surface area contributed by atoms with E-state index in [0.29, 0.717) is 12.2 Å². The number of nitrogens with zero attached hydrogens (tertiary/aromatic N) is 2. The zero-order valence-corrected chi connectivity index (χ0v) is 11.6. The zero-order valence-electron chi connectivity index (χ0n) is 10.8. The summed E-state index contributed by atoms with van der Waals surface area (Å²) in [6, 6.07) is 0. The van der Waals surface area contributed by atoms with Crippen molar-refractivity contribution in [2.24, 2.45) is 0 Å². The van der Waals surface area contributed by atoms with Crippen molar-refractivity contribution in [2.45, 2.75) is 12.1 Å². The summed E-state index contributed by atoms with van der Waals surface area (Å²) >= 11 is 0. The molecule has 0 saturated heterocycles. The van der Waals surface area contributed by atoms with E-state index in [1.807, 2.05) is 0 Å². The Hall–Kier alpha value is -1.96. The SMILES string of the molecule is CCO/C=C/c1cnc(S(C)(=O)=O)nc1C(=O)OC. The summed E-state index contributed by atoms with van der Waals surface area (Å²) < 4.78 is 32.2. The van der Waals surface area contributed by atoms with Gasteiger partial charge >= 0.3 is 5.97 Å². The van der Waals surface area contributed by atoms with Crippen LogP contribution in [0.5, 0.6) is 0 Å². The zero-order chi connectivity index (χ0) is 14.5. The van der Waals surface area contributed by atoms with Crippen LogP contribution in [0.3, 0.4) is 0 Å². The van der Waals surface area contributed by atoms with Crippen molar-refractivity contribution in [3.8, 4) is 0 Å². The molecular formula is C11H14N2O5S. The minimum absolute atomic E-state index is 0.131. The van der Waals surface area contributed by atoms with Gasteiger partial charge < -0.3 is 9.47 Å². The maximum Gasteiger partial charge on any atom is 0.357 e. The third kappa shape index (κ3) is 4.02. The van der Waals surface area contributed by atoms with Gasteiger partial charge in [0, 0.05) is 18.0 Å². The number of aromatic nitrogens is 2. The number of rotatable bonds is 5. The molecule has 0 unspecified atom stereocenters. The molecule has 0 fully saturated rings. The van der Waals surface area contributed by atoms with Crippen LogP contribution in [0.15, 0.2) is 17.6 Å². The van der Waals surface area contributed by atoms with Crippen molar-refractivity contribution in [1.82, 2.24) is 9.97 Å². The van der Waals surface area contributed by atoms with Crippen molar-refractivity contribution in [3.63, 3.8) is 0 Å². The van der Waals surface area contributed by atoms with E-state index in [2.05, 4.69) is 14.7 Å². The van der Waals surface area contributed by atoms with Gasteiger partial charge in [0.05, 0.1) is 20.0 Å². The maximum absolute atomic E-state index is 11.6. The van der Waals surface area contributed by atoms with Crippen LogP contribution in [0.4, 0.5) is 0 Å². The molecule has 0 saturated carbocycles. The van der Waals surface area contributed by atoms with Crippen LogP contribution in [-0.4, -0.2) is 44.3 Å². The van der Waals surface area contributed by atoms with E-state index >= 15 is 0 Å². The Balaban J connectivity index is 3.29. The minimum Gasteiger partial charge on any atom is -0.501 e. The predicted octanol–water partition coefficient (Wildman–Crippen LogP) is 0.674. The van der Waals surface area contributed by atoms with Crippen molar-refractivity contribution in [3.05, 3.63) is 23.7 Å². The molecule has 0 atom stereocenters. The van der Waals surface area contributed by atoms with Gasteiger partial charge in [-0.15, -0.1) is 0 Å². The average molecular weight is 286 g/mol. The summed E-state index contributed by atoms with van der Waals surface area (Å²) in [4.78, 5) is 19.0. The molecule has 1 aromatic rings. The van der Waals surface area contributed by atoms with Crippen LogP contribution in [0.1, 0.15) is 23.0 Å². The third-order valence-electron chi connectivity index (χ3n) is 2.02. The summed E-state index contributed by atoms with van der Waals surface area (Å²) in [7, 11) is -2.41. The Kier molecular flexibility index (Phi) is 4.99. The van der Waals surface area contributed by atoms with Crippen molar-refractivity contribution in [2.75, 3.05) is 20.0 Å². The highest BCUT2D eigenvalue weighted by Gasteiger charge is 2.18. The first-order chi connectivity index (χ1) is 8.90. The molecule has 8 heteroatoms. The molecule has 104 valence electrons. The summed E-state index contributed by atoms with van der Waals surface area (Å²) in [5, 5.41) is -0.429. The number of esters is 1. The lowest BCUT2D eigenvalue weighted by molar-refractivity contribution is 0.0592. The summed E-state index contributed by atoms with van der Waals surface area (Å²) in [5.74, 6) is -0.747. The fourth-order valence-electron chi connectivity index (χ4n) is 1.15. The second kappa shape index (κ2) is 6.28. The van der Waals surface area contributed by atoms with Gasteiger partial charge in [0.1, 0.15) is 0 Å². The van der Waals surface area contributed by atoms with Gasteiger partial charge in [0.2, 0.25) is 15.0 Å². The van der Waals surface area contributed by atoms with Crippen LogP contribution < -0.4 is 0 Å². The molecule has 7 nitrogen and oxygen atoms in total. The summed E-state index contributed by atoms with van der Waals surface area (Å²) in [5.41, 5.74) is 0.182. The number of ether oxygens (including phenoxy) is 2. The molecule has 0 N–H and O–H groups in total. The topological polar surface area (TPSA) is 95.5 Å². The molecular weight excluding hydrogens is 272 g/mol. The van der Waals surface area contributed by atoms with Crippen LogP contribution in [0, 0.1) is 0 Å². The summed E-state index contributed by atoms with van der Waals surface area (Å²) in [6.45, 7) is 2.27. The van der Waals surface area contributed by atoms with Crippen molar-refractivity contribution < 1.29 is 22.7 Å². The van der Waals surface area contributed by atoms with Crippen LogP contribution >= 0.6 is 0 Å². The Labute approximate surface area is 111 Å². The molecule has 0 aromatic carbocycles. The van der Waals surface area contributed by atoms with E-state index in [-0.39, 0.29) is 5.69 Å². The lowest BCUT2D eigenvalue weighted by Crippen LogP contribution is -2.12. The van der Waals surface area contributed by atoms with Crippen molar-refractivity contribution in [1.29, 1.82) is 0 Å². The highest BCUT2D eigenvalue weighted by molar-refractivity contribution is 7.90. The van der Waals surface area contributed by atoms with E-state index in [1.54, 1.807) is 6.92 Å². The number of carbonyl (C=O) groups excluding carboxylic acids is 1. The number of carbonyl (C=O) groups is 1. The van der Waals surface area contributed by atoms with E-state index in [0.717, 1.165) is 6.26 Å². The van der Waals surface area contributed by atoms with Gasteiger partial charge in [-0.3, -0.25) is 0 Å². The molecule has 1 aromatic heterocycles. The second-order valence-electron chi connectivity index (χ2n) is 3.48. The van der Waals surface area contributed by atoms with Gasteiger partial charge in [-0.2, -0.15) is 0 Å². The molecule has 0 aliphatic heterocycles. The molecule has 19 heavy (non-hydrogen) atoms. The van der Waals surface area contributed by atoms with E-state index in [1.165, 1.54) is 25.6 Å². The standard InChI is InChI=1S/C11H14N2O5S/c1-4-18-6-5-8-7-12-11(19(3,15)16)13-9(8)10(14)17-2/h5-7H,4H2,1-3H3/b6-5+. The number of sulfone groups is 1. The van der Waals surface area contributed by atoms with Gasteiger partial charge in [-0.1, -0.05) is 0 Å². The highest BCUT2D eigenvalue weighted by atomic mass is 32.2. The molecule has 1 rings (SSSR count). The average Bonchev–Trinajstić information content (AvgIpc) is 2.37. The Morgan fingerprint density at radius 2 is 2.16 bits per heavy atom. The lowest BCUT2D eigenvalue weighted by Gasteiger charge is -2.04. The van der Waals surface area contributed by atoms with Gasteiger partial charge in [-0.05, 0) is 13.0 Å². The fraction of sp³-hybridized carbons (Fsp3) is 0.364. The van der Waals surface area contributed by atoms with Crippen LogP contribution in [-0.2, 0) is 19.3 Å². The molecule has 1 heterocycles. The second-order valence-corrected chi connectivity index (χ2v) is 5.39. The maximum atomic E-state index is 11.6. The molecule has 0 bridgehead atoms. The third-order valence-corrected chi connectivity index (χ3v) is 2.88. The smallest absolute Gasteiger partial charge is 0.357 e. The van der Waals surface area contributed by atoms with Gasteiger partial charge in [-0.25, -0.2) is 23.2 Å². The Bertz CT molecular complexity index is 595. The largest absolute Gasteiger partial charge is 0.501 e. The van der Waals surface area contributed by atoms with Crippen LogP contribution in [0.25, 0.3) is 6.08 Å². The van der Waals surface area contributed by atoms with E-state index in [9.17, 15) is 13.2 Å². The quantitative estimate of drug-likeness (QED) is 0.446. The highest BCUT2D eigenvalue weighted by Crippen LogP contribution is 2.12. The Morgan fingerprint density at radius 1 is 1.47 bits per heavy atom. The number of methoxy groups -OCH3 is 1. The van der Waals surface area contributed by atoms with Gasteiger partial charge in [0.15, 0.2) is 5.69 Å². The normalized spacial score (nSPS) is 11.5. The van der Waals surface area contributed by atoms with E-state index in [4.69, 9.17) is 4.74 Å². The van der Waals surface area contributed by atoms with Crippen LogP contribution in [0.2, 0.25) is 0 Å². The minimum atomic E-state index is -3.59. The predicted molar refractivity (Wildman–Crippen MR) is 67.1 cm³/mol. The van der Waals surface area contributed by atoms with E-state index < -0.39 is 21.0 Å². The monoisotopic (exact) mass is 286 g/mol. The Morgan fingerprint density at radius 3 is 2.68 bits per heavy atom. The number of hydrogen-bond donors (Lipinski definition) is 0. The van der Waals surface area contributed by atoms with Gasteiger partial charge in [0.25, 0.3) is 0 Å². The first-order valence-electron chi connectivity index (χ1n) is 5.33. The van der Waals surface area contributed by atoms with Crippen molar-refractivity contribution >= 4 is 21.9 Å². The molecule has 0 aliphatic carbocycles. The molecule has 0 amide bonds. The first kappa shape index (κ1) is 15.1. The summed E-state index contributed by atoms with van der Waals surface area (Å²) in [6.07, 6.45) is 5.01. The first-order valence-corrected chi connectivity index (χ1v) is 7.22. The molecule has 0 aliphatic rings. The lowest BCUT2D eigenvalue weighted by atomic mass is 10.2.